The molecule has 0 N–H and O–H groups in total. The van der Waals surface area contributed by atoms with Crippen molar-refractivity contribution >= 4 is 11.4 Å². The number of hydrogen-bond acceptors (Lipinski definition) is 2. The fourth-order valence-corrected chi connectivity index (χ4v) is 2.86. The van der Waals surface area contributed by atoms with Crippen molar-refractivity contribution in [2.45, 2.75) is 18.4 Å². The first-order chi connectivity index (χ1) is 6.83. The summed E-state index contributed by atoms with van der Waals surface area (Å²) in [5.74, 6) is 0. The van der Waals surface area contributed by atoms with Gasteiger partial charge in [-0.2, -0.15) is 0 Å². The van der Waals surface area contributed by atoms with E-state index in [2.05, 4.69) is 0 Å². The average molecular weight is 207 g/mol. The SMILES string of the molecule is CC=CCN1Cc2ccccc2[S+]1[O-]. The van der Waals surface area contributed by atoms with Crippen molar-refractivity contribution in [2.24, 2.45) is 0 Å². The Morgan fingerprint density at radius 3 is 3.00 bits per heavy atom. The summed E-state index contributed by atoms with van der Waals surface area (Å²) in [5.41, 5.74) is 1.19. The second-order valence-corrected chi connectivity index (χ2v) is 4.70. The van der Waals surface area contributed by atoms with E-state index in [4.69, 9.17) is 0 Å². The molecule has 1 atom stereocenters. The molecule has 0 spiro atoms. The second-order valence-electron chi connectivity index (χ2n) is 3.25. The van der Waals surface area contributed by atoms with Gasteiger partial charge >= 0.3 is 0 Å². The van der Waals surface area contributed by atoms with Gasteiger partial charge in [0.15, 0.2) is 4.90 Å². The van der Waals surface area contributed by atoms with E-state index >= 15 is 0 Å². The maximum atomic E-state index is 11.9. The van der Waals surface area contributed by atoms with E-state index in [-0.39, 0.29) is 0 Å². The molecular weight excluding hydrogens is 194 g/mol. The van der Waals surface area contributed by atoms with Gasteiger partial charge in [0.25, 0.3) is 0 Å². The Kier molecular flexibility index (Phi) is 2.91. The van der Waals surface area contributed by atoms with Crippen LogP contribution in [-0.4, -0.2) is 15.4 Å². The molecule has 14 heavy (non-hydrogen) atoms. The van der Waals surface area contributed by atoms with Crippen molar-refractivity contribution < 1.29 is 4.55 Å². The predicted molar refractivity (Wildman–Crippen MR) is 58.1 cm³/mol. The largest absolute Gasteiger partial charge is 0.593 e. The van der Waals surface area contributed by atoms with E-state index in [1.54, 1.807) is 0 Å². The fraction of sp³-hybridized carbons (Fsp3) is 0.273. The van der Waals surface area contributed by atoms with Crippen molar-refractivity contribution in [1.29, 1.82) is 0 Å². The molecule has 0 saturated heterocycles. The summed E-state index contributed by atoms with van der Waals surface area (Å²) in [5, 5.41) is 0. The van der Waals surface area contributed by atoms with Crippen LogP contribution in [0.4, 0.5) is 0 Å². The topological polar surface area (TPSA) is 26.3 Å². The molecule has 3 heteroatoms. The lowest BCUT2D eigenvalue weighted by Gasteiger charge is -2.13. The smallest absolute Gasteiger partial charge is 0.178 e. The van der Waals surface area contributed by atoms with Crippen molar-refractivity contribution in [2.75, 3.05) is 6.54 Å². The number of hydrogen-bond donors (Lipinski definition) is 0. The fourth-order valence-electron chi connectivity index (χ4n) is 1.55. The lowest BCUT2D eigenvalue weighted by atomic mass is 10.2. The Hall–Kier alpha value is -0.770. The number of fused-ring (bicyclic) bond motifs is 1. The summed E-state index contributed by atoms with van der Waals surface area (Å²) in [6, 6.07) is 7.93. The summed E-state index contributed by atoms with van der Waals surface area (Å²) in [4.78, 5) is 0.969. The Morgan fingerprint density at radius 2 is 2.29 bits per heavy atom. The number of nitrogens with zero attached hydrogens (tertiary/aromatic N) is 1. The molecule has 1 aromatic rings. The van der Waals surface area contributed by atoms with Gasteiger partial charge in [0.2, 0.25) is 0 Å². The van der Waals surface area contributed by atoms with Crippen molar-refractivity contribution in [3.63, 3.8) is 0 Å². The van der Waals surface area contributed by atoms with Crippen LogP contribution in [0.2, 0.25) is 0 Å². The molecule has 1 heterocycles. The van der Waals surface area contributed by atoms with Crippen LogP contribution in [0.25, 0.3) is 0 Å². The first kappa shape index (κ1) is 9.77. The van der Waals surface area contributed by atoms with Gasteiger partial charge in [-0.3, -0.25) is 0 Å². The zero-order valence-electron chi connectivity index (χ0n) is 8.14. The van der Waals surface area contributed by atoms with Crippen LogP contribution in [0, 0.1) is 0 Å². The van der Waals surface area contributed by atoms with Gasteiger partial charge in [0.1, 0.15) is 0 Å². The molecule has 1 aliphatic heterocycles. The molecule has 1 aliphatic rings. The van der Waals surface area contributed by atoms with Gasteiger partial charge in [-0.1, -0.05) is 30.4 Å². The summed E-state index contributed by atoms with van der Waals surface area (Å²) >= 11 is -0.955. The maximum Gasteiger partial charge on any atom is 0.178 e. The third kappa shape index (κ3) is 1.71. The number of rotatable bonds is 2. The molecule has 1 unspecified atom stereocenters. The van der Waals surface area contributed by atoms with Gasteiger partial charge in [0, 0.05) is 5.56 Å². The monoisotopic (exact) mass is 207 g/mol. The van der Waals surface area contributed by atoms with E-state index in [1.807, 2.05) is 47.6 Å². The first-order valence-electron chi connectivity index (χ1n) is 4.69. The third-order valence-electron chi connectivity index (χ3n) is 2.29. The van der Waals surface area contributed by atoms with E-state index in [0.717, 1.165) is 18.0 Å². The minimum atomic E-state index is -0.955. The van der Waals surface area contributed by atoms with Crippen LogP contribution < -0.4 is 0 Å². The molecule has 1 aromatic carbocycles. The predicted octanol–water partition coefficient (Wildman–Crippen LogP) is 2.10. The number of allylic oxidation sites excluding steroid dienone is 1. The highest BCUT2D eigenvalue weighted by Crippen LogP contribution is 2.29. The van der Waals surface area contributed by atoms with Gasteiger partial charge in [-0.05, 0) is 13.0 Å². The number of benzene rings is 1. The second kappa shape index (κ2) is 4.17. The molecule has 2 nitrogen and oxygen atoms in total. The molecule has 0 aromatic heterocycles. The quantitative estimate of drug-likeness (QED) is 0.548. The average Bonchev–Trinajstić information content (AvgIpc) is 2.54. The Labute approximate surface area is 87.6 Å². The summed E-state index contributed by atoms with van der Waals surface area (Å²) in [6.07, 6.45) is 4.02. The Morgan fingerprint density at radius 1 is 1.50 bits per heavy atom. The molecule has 0 fully saturated rings. The molecule has 74 valence electrons. The van der Waals surface area contributed by atoms with Crippen LogP contribution in [0.5, 0.6) is 0 Å². The van der Waals surface area contributed by atoms with E-state index < -0.39 is 11.4 Å². The summed E-state index contributed by atoms with van der Waals surface area (Å²) < 4.78 is 13.9. The summed E-state index contributed by atoms with van der Waals surface area (Å²) in [7, 11) is 0. The molecule has 0 saturated carbocycles. The maximum absolute atomic E-state index is 11.9. The molecular formula is C11H13NOS. The van der Waals surface area contributed by atoms with Crippen LogP contribution in [0.15, 0.2) is 41.3 Å². The first-order valence-corrected chi connectivity index (χ1v) is 5.79. The highest BCUT2D eigenvalue weighted by molar-refractivity contribution is 7.89. The van der Waals surface area contributed by atoms with Crippen LogP contribution in [-0.2, 0) is 17.9 Å². The van der Waals surface area contributed by atoms with Crippen LogP contribution >= 0.6 is 0 Å². The van der Waals surface area contributed by atoms with Gasteiger partial charge in [0.05, 0.1) is 24.5 Å². The minimum absolute atomic E-state index is 0.762. The summed E-state index contributed by atoms with van der Waals surface area (Å²) in [6.45, 7) is 3.54. The van der Waals surface area contributed by atoms with E-state index in [1.165, 1.54) is 5.56 Å². The molecule has 2 rings (SSSR count). The molecule has 0 bridgehead atoms. The molecule has 0 radical (unpaired) electrons. The van der Waals surface area contributed by atoms with Crippen LogP contribution in [0.3, 0.4) is 0 Å². The standard InChI is InChI=1S/C11H13NOS/c1-2-3-8-12-9-10-6-4-5-7-11(10)14(12)13/h2-7H,8-9H2,1H3. The van der Waals surface area contributed by atoms with Crippen molar-refractivity contribution in [3.8, 4) is 0 Å². The van der Waals surface area contributed by atoms with Gasteiger partial charge in [-0.15, -0.1) is 4.31 Å². The van der Waals surface area contributed by atoms with Crippen molar-refractivity contribution in [3.05, 3.63) is 42.0 Å². The van der Waals surface area contributed by atoms with Gasteiger partial charge < -0.3 is 4.55 Å². The zero-order valence-corrected chi connectivity index (χ0v) is 8.96. The van der Waals surface area contributed by atoms with Crippen molar-refractivity contribution in [1.82, 2.24) is 4.31 Å². The van der Waals surface area contributed by atoms with E-state index in [9.17, 15) is 4.55 Å². The van der Waals surface area contributed by atoms with Crippen LogP contribution in [0.1, 0.15) is 12.5 Å². The zero-order chi connectivity index (χ0) is 9.97. The normalized spacial score (nSPS) is 21.7. The Balaban J connectivity index is 2.17. The highest BCUT2D eigenvalue weighted by atomic mass is 32.2. The molecule has 0 amide bonds. The highest BCUT2D eigenvalue weighted by Gasteiger charge is 2.32. The van der Waals surface area contributed by atoms with Gasteiger partial charge in [-0.25, -0.2) is 0 Å². The lowest BCUT2D eigenvalue weighted by Crippen LogP contribution is -2.24. The lowest BCUT2D eigenvalue weighted by molar-refractivity contribution is 0.458. The third-order valence-corrected chi connectivity index (χ3v) is 3.81. The Bertz CT molecular complexity index is 351. The minimum Gasteiger partial charge on any atom is -0.593 e. The molecule has 0 aliphatic carbocycles. The van der Waals surface area contributed by atoms with E-state index in [0.29, 0.717) is 0 Å².